The highest BCUT2D eigenvalue weighted by Gasteiger charge is 2.44. The Balaban J connectivity index is 2.02. The molecule has 1 fully saturated rings. The number of rotatable bonds is 8. The molecule has 3 nitrogen and oxygen atoms in total. The van der Waals surface area contributed by atoms with E-state index in [0.29, 0.717) is 10.9 Å². The number of pyridine rings is 1. The summed E-state index contributed by atoms with van der Waals surface area (Å²) in [4.78, 5) is 4.30. The summed E-state index contributed by atoms with van der Waals surface area (Å²) in [6.07, 6.45) is 5.23. The number of nitrogens with zero attached hydrogens (tertiary/aromatic N) is 1. The predicted molar refractivity (Wildman–Crippen MR) is 80.8 cm³/mol. The molecule has 0 bridgehead atoms. The molecule has 1 atom stereocenters. The lowest BCUT2D eigenvalue weighted by Gasteiger charge is -2.33. The first-order valence-electron chi connectivity index (χ1n) is 6.81. The SMILES string of the molecule is CCCNC(CO)(CSc1ncccc1Cl)C1CC1. The molecular weight excluding hydrogens is 280 g/mol. The molecule has 1 saturated carbocycles. The number of aromatic nitrogens is 1. The molecule has 1 unspecified atom stereocenters. The molecule has 1 aliphatic carbocycles. The van der Waals surface area contributed by atoms with Crippen molar-refractivity contribution in [2.24, 2.45) is 5.92 Å². The Morgan fingerprint density at radius 1 is 1.58 bits per heavy atom. The third-order valence-electron chi connectivity index (χ3n) is 3.56. The highest BCUT2D eigenvalue weighted by atomic mass is 35.5. The van der Waals surface area contributed by atoms with Crippen LogP contribution < -0.4 is 5.32 Å². The monoisotopic (exact) mass is 300 g/mol. The van der Waals surface area contributed by atoms with Crippen LogP contribution in [0.15, 0.2) is 23.4 Å². The number of aliphatic hydroxyl groups is 1. The molecule has 106 valence electrons. The molecule has 0 saturated heterocycles. The van der Waals surface area contributed by atoms with Gasteiger partial charge in [0.15, 0.2) is 0 Å². The largest absolute Gasteiger partial charge is 0.394 e. The van der Waals surface area contributed by atoms with Crippen LogP contribution in [0.5, 0.6) is 0 Å². The Hall–Kier alpha value is -0.290. The van der Waals surface area contributed by atoms with E-state index < -0.39 is 0 Å². The number of nitrogens with one attached hydrogen (secondary N) is 1. The van der Waals surface area contributed by atoms with Crippen LogP contribution in [-0.2, 0) is 0 Å². The first-order chi connectivity index (χ1) is 9.22. The molecule has 19 heavy (non-hydrogen) atoms. The van der Waals surface area contributed by atoms with Crippen LogP contribution in [0.2, 0.25) is 5.02 Å². The lowest BCUT2D eigenvalue weighted by atomic mass is 9.96. The second-order valence-electron chi connectivity index (χ2n) is 5.09. The van der Waals surface area contributed by atoms with E-state index in [0.717, 1.165) is 23.7 Å². The van der Waals surface area contributed by atoms with E-state index in [1.54, 1.807) is 18.0 Å². The summed E-state index contributed by atoms with van der Waals surface area (Å²) in [6.45, 7) is 3.26. The van der Waals surface area contributed by atoms with Gasteiger partial charge in [0, 0.05) is 11.9 Å². The van der Waals surface area contributed by atoms with Gasteiger partial charge in [-0.05, 0) is 43.9 Å². The summed E-state index contributed by atoms with van der Waals surface area (Å²) in [6, 6.07) is 3.69. The Kier molecular flexibility index (Phi) is 5.51. The number of hydrogen-bond donors (Lipinski definition) is 2. The highest BCUT2D eigenvalue weighted by molar-refractivity contribution is 7.99. The first-order valence-corrected chi connectivity index (χ1v) is 8.17. The topological polar surface area (TPSA) is 45.1 Å². The molecule has 0 amide bonds. The highest BCUT2D eigenvalue weighted by Crippen LogP contribution is 2.42. The second-order valence-corrected chi connectivity index (χ2v) is 6.47. The maximum Gasteiger partial charge on any atom is 0.115 e. The summed E-state index contributed by atoms with van der Waals surface area (Å²) in [5, 5.41) is 14.9. The van der Waals surface area contributed by atoms with Crippen molar-refractivity contribution in [2.75, 3.05) is 18.9 Å². The molecule has 0 radical (unpaired) electrons. The molecule has 0 aromatic carbocycles. The molecular formula is C14H21ClN2OS. The van der Waals surface area contributed by atoms with Crippen LogP contribution in [0.25, 0.3) is 0 Å². The number of thioether (sulfide) groups is 1. The predicted octanol–water partition coefficient (Wildman–Crippen LogP) is 2.97. The number of hydrogen-bond acceptors (Lipinski definition) is 4. The lowest BCUT2D eigenvalue weighted by Crippen LogP contribution is -2.53. The van der Waals surface area contributed by atoms with Gasteiger partial charge in [-0.3, -0.25) is 0 Å². The average Bonchev–Trinajstić information content (AvgIpc) is 3.26. The fourth-order valence-electron chi connectivity index (χ4n) is 2.23. The van der Waals surface area contributed by atoms with Crippen molar-refractivity contribution in [2.45, 2.75) is 36.8 Å². The molecule has 1 aliphatic rings. The second kappa shape index (κ2) is 6.93. The van der Waals surface area contributed by atoms with Gasteiger partial charge in [-0.25, -0.2) is 4.98 Å². The lowest BCUT2D eigenvalue weighted by molar-refractivity contribution is 0.159. The van der Waals surface area contributed by atoms with E-state index in [-0.39, 0.29) is 12.1 Å². The number of halogens is 1. The third-order valence-corrected chi connectivity index (χ3v) is 5.23. The molecule has 5 heteroatoms. The van der Waals surface area contributed by atoms with Crippen LogP contribution in [0.3, 0.4) is 0 Å². The summed E-state index contributed by atoms with van der Waals surface area (Å²) in [5.41, 5.74) is -0.179. The van der Waals surface area contributed by atoms with E-state index >= 15 is 0 Å². The quantitative estimate of drug-likeness (QED) is 0.725. The van der Waals surface area contributed by atoms with Crippen molar-refractivity contribution in [3.63, 3.8) is 0 Å². The zero-order chi connectivity index (χ0) is 13.7. The Morgan fingerprint density at radius 3 is 2.95 bits per heavy atom. The van der Waals surface area contributed by atoms with Gasteiger partial charge in [-0.15, -0.1) is 11.8 Å². The van der Waals surface area contributed by atoms with Crippen LogP contribution in [0.4, 0.5) is 0 Å². The van der Waals surface area contributed by atoms with E-state index in [4.69, 9.17) is 11.6 Å². The van der Waals surface area contributed by atoms with Gasteiger partial charge in [0.25, 0.3) is 0 Å². The summed E-state index contributed by atoms with van der Waals surface area (Å²) in [5.74, 6) is 1.39. The van der Waals surface area contributed by atoms with E-state index in [1.807, 2.05) is 12.1 Å². The van der Waals surface area contributed by atoms with Crippen molar-refractivity contribution in [1.29, 1.82) is 0 Å². The van der Waals surface area contributed by atoms with Gasteiger partial charge in [0.05, 0.1) is 17.2 Å². The molecule has 1 aromatic heterocycles. The molecule has 0 aliphatic heterocycles. The fraction of sp³-hybridized carbons (Fsp3) is 0.643. The van der Waals surface area contributed by atoms with Gasteiger partial charge in [0.1, 0.15) is 5.03 Å². The van der Waals surface area contributed by atoms with Crippen molar-refractivity contribution >= 4 is 23.4 Å². The van der Waals surface area contributed by atoms with Gasteiger partial charge < -0.3 is 10.4 Å². The Labute approximate surface area is 124 Å². The Morgan fingerprint density at radius 2 is 2.37 bits per heavy atom. The van der Waals surface area contributed by atoms with Crippen molar-refractivity contribution in [1.82, 2.24) is 10.3 Å². The molecule has 2 rings (SSSR count). The summed E-state index contributed by atoms with van der Waals surface area (Å²) >= 11 is 7.76. The summed E-state index contributed by atoms with van der Waals surface area (Å²) < 4.78 is 0. The first kappa shape index (κ1) is 15.1. The zero-order valence-corrected chi connectivity index (χ0v) is 12.8. The van der Waals surface area contributed by atoms with Crippen molar-refractivity contribution in [3.8, 4) is 0 Å². The number of aliphatic hydroxyl groups excluding tert-OH is 1. The van der Waals surface area contributed by atoms with Gasteiger partial charge in [0.2, 0.25) is 0 Å². The zero-order valence-electron chi connectivity index (χ0n) is 11.2. The molecule has 1 aromatic rings. The van der Waals surface area contributed by atoms with Crippen molar-refractivity contribution < 1.29 is 5.11 Å². The normalized spacial score (nSPS) is 18.3. The van der Waals surface area contributed by atoms with Gasteiger partial charge in [-0.1, -0.05) is 18.5 Å². The van der Waals surface area contributed by atoms with Crippen molar-refractivity contribution in [3.05, 3.63) is 23.4 Å². The van der Waals surface area contributed by atoms with Gasteiger partial charge >= 0.3 is 0 Å². The molecule has 2 N–H and O–H groups in total. The maximum atomic E-state index is 9.83. The third kappa shape index (κ3) is 3.85. The minimum Gasteiger partial charge on any atom is -0.394 e. The smallest absolute Gasteiger partial charge is 0.115 e. The summed E-state index contributed by atoms with van der Waals surface area (Å²) in [7, 11) is 0. The van der Waals surface area contributed by atoms with Crippen LogP contribution in [-0.4, -0.2) is 34.5 Å². The fourth-order valence-corrected chi connectivity index (χ4v) is 3.68. The van der Waals surface area contributed by atoms with E-state index in [1.165, 1.54) is 12.8 Å². The van der Waals surface area contributed by atoms with Crippen LogP contribution >= 0.6 is 23.4 Å². The molecule has 1 heterocycles. The molecule has 0 spiro atoms. The van der Waals surface area contributed by atoms with Gasteiger partial charge in [-0.2, -0.15) is 0 Å². The van der Waals surface area contributed by atoms with E-state index in [9.17, 15) is 5.11 Å². The average molecular weight is 301 g/mol. The Bertz CT molecular complexity index is 414. The van der Waals surface area contributed by atoms with Crippen LogP contribution in [0.1, 0.15) is 26.2 Å². The van der Waals surface area contributed by atoms with E-state index in [2.05, 4.69) is 17.2 Å². The van der Waals surface area contributed by atoms with Crippen LogP contribution in [0, 0.1) is 5.92 Å². The maximum absolute atomic E-state index is 9.83. The standard InChI is InChI=1S/C14H21ClN2OS/c1-2-7-17-14(9-18,11-5-6-11)10-19-13-12(15)4-3-8-16-13/h3-4,8,11,17-18H,2,5-7,9-10H2,1H3. The minimum atomic E-state index is -0.179. The minimum absolute atomic E-state index is 0.176.